The Balaban J connectivity index is 2.25. The molecule has 0 saturated heterocycles. The second-order valence-electron chi connectivity index (χ2n) is 4.76. The second-order valence-corrected chi connectivity index (χ2v) is 4.76. The van der Waals surface area contributed by atoms with Crippen molar-refractivity contribution < 1.29 is 13.9 Å². The Morgan fingerprint density at radius 2 is 1.63 bits per heavy atom. The summed E-state index contributed by atoms with van der Waals surface area (Å²) >= 11 is 0. The summed E-state index contributed by atoms with van der Waals surface area (Å²) in [6, 6.07) is 9.24. The van der Waals surface area contributed by atoms with Gasteiger partial charge in [0.2, 0.25) is 0 Å². The van der Waals surface area contributed by atoms with Crippen LogP contribution in [0.4, 0.5) is 8.78 Å². The topological polar surface area (TPSA) is 20.2 Å². The van der Waals surface area contributed by atoms with Gasteiger partial charge in [-0.15, -0.1) is 0 Å². The number of hydrogen-bond acceptors (Lipinski definition) is 1. The highest BCUT2D eigenvalue weighted by Crippen LogP contribution is 2.23. The summed E-state index contributed by atoms with van der Waals surface area (Å²) in [5.74, 6) is -1.24. The van der Waals surface area contributed by atoms with E-state index in [2.05, 4.69) is 0 Å². The van der Waals surface area contributed by atoms with Crippen LogP contribution in [0.1, 0.15) is 28.4 Å². The van der Waals surface area contributed by atoms with E-state index in [1.165, 1.54) is 18.2 Å². The molecule has 1 unspecified atom stereocenters. The van der Waals surface area contributed by atoms with Gasteiger partial charge in [-0.2, -0.15) is 0 Å². The molecule has 0 aliphatic carbocycles. The Hall–Kier alpha value is -1.74. The van der Waals surface area contributed by atoms with Gasteiger partial charge in [-0.25, -0.2) is 8.78 Å². The van der Waals surface area contributed by atoms with Gasteiger partial charge in [0.05, 0.1) is 6.10 Å². The summed E-state index contributed by atoms with van der Waals surface area (Å²) in [6.45, 7) is 3.91. The van der Waals surface area contributed by atoms with E-state index in [1.807, 2.05) is 26.0 Å². The first kappa shape index (κ1) is 13.7. The van der Waals surface area contributed by atoms with Crippen molar-refractivity contribution in [3.63, 3.8) is 0 Å². The summed E-state index contributed by atoms with van der Waals surface area (Å²) in [5, 5.41) is 10.1. The van der Waals surface area contributed by atoms with E-state index in [1.54, 1.807) is 6.07 Å². The molecule has 0 heterocycles. The van der Waals surface area contributed by atoms with Crippen LogP contribution in [0.25, 0.3) is 0 Å². The minimum absolute atomic E-state index is 0.0684. The first-order chi connectivity index (χ1) is 8.99. The molecule has 2 aromatic carbocycles. The smallest absolute Gasteiger partial charge is 0.129 e. The van der Waals surface area contributed by atoms with Crippen LogP contribution < -0.4 is 0 Å². The van der Waals surface area contributed by atoms with E-state index in [-0.39, 0.29) is 12.0 Å². The Bertz CT molecular complexity index is 573. The van der Waals surface area contributed by atoms with Gasteiger partial charge in [0.1, 0.15) is 11.6 Å². The zero-order valence-electron chi connectivity index (χ0n) is 11.0. The fourth-order valence-corrected chi connectivity index (χ4v) is 2.01. The van der Waals surface area contributed by atoms with Gasteiger partial charge in [0, 0.05) is 12.0 Å². The molecular formula is C16H16F2O. The van der Waals surface area contributed by atoms with E-state index >= 15 is 0 Å². The molecule has 0 aromatic heterocycles. The van der Waals surface area contributed by atoms with Crippen LogP contribution in [0.2, 0.25) is 0 Å². The molecule has 1 N–H and O–H groups in total. The molecule has 0 radical (unpaired) electrons. The largest absolute Gasteiger partial charge is 0.388 e. The van der Waals surface area contributed by atoms with Gasteiger partial charge >= 0.3 is 0 Å². The summed E-state index contributed by atoms with van der Waals surface area (Å²) in [6.07, 6.45) is -0.980. The standard InChI is InChI=1S/C16H16F2O/c1-10-6-7-12(8-11(10)2)16(19)9-13-14(17)4-3-5-15(13)18/h3-8,16,19H,9H2,1-2H3. The molecule has 100 valence electrons. The molecule has 0 spiro atoms. The van der Waals surface area contributed by atoms with E-state index < -0.39 is 17.7 Å². The van der Waals surface area contributed by atoms with Crippen LogP contribution in [0, 0.1) is 25.5 Å². The Morgan fingerprint density at radius 3 is 2.21 bits per heavy atom. The van der Waals surface area contributed by atoms with Gasteiger partial charge in [0.25, 0.3) is 0 Å². The van der Waals surface area contributed by atoms with Gasteiger partial charge in [0.15, 0.2) is 0 Å². The molecule has 0 saturated carbocycles. The summed E-state index contributed by atoms with van der Waals surface area (Å²) in [5.41, 5.74) is 2.76. The van der Waals surface area contributed by atoms with Gasteiger partial charge in [-0.05, 0) is 42.7 Å². The lowest BCUT2D eigenvalue weighted by atomic mass is 9.97. The van der Waals surface area contributed by atoms with Crippen LogP contribution in [0.3, 0.4) is 0 Å². The third-order valence-corrected chi connectivity index (χ3v) is 3.37. The minimum Gasteiger partial charge on any atom is -0.388 e. The zero-order valence-corrected chi connectivity index (χ0v) is 11.0. The lowest BCUT2D eigenvalue weighted by Crippen LogP contribution is -2.06. The Kier molecular flexibility index (Phi) is 3.96. The average Bonchev–Trinajstić information content (AvgIpc) is 2.37. The number of aryl methyl sites for hydroxylation is 2. The van der Waals surface area contributed by atoms with Crippen LogP contribution >= 0.6 is 0 Å². The third-order valence-electron chi connectivity index (χ3n) is 3.37. The molecule has 0 bridgehead atoms. The highest BCUT2D eigenvalue weighted by atomic mass is 19.1. The number of rotatable bonds is 3. The minimum atomic E-state index is -0.911. The molecule has 2 aromatic rings. The monoisotopic (exact) mass is 262 g/mol. The predicted molar refractivity (Wildman–Crippen MR) is 70.9 cm³/mol. The van der Waals surface area contributed by atoms with Crippen LogP contribution in [-0.4, -0.2) is 5.11 Å². The molecule has 3 heteroatoms. The number of halogens is 2. The molecule has 2 rings (SSSR count). The van der Waals surface area contributed by atoms with Crippen molar-refractivity contribution in [1.29, 1.82) is 0 Å². The van der Waals surface area contributed by atoms with Gasteiger partial charge in [-0.1, -0.05) is 24.3 Å². The molecule has 0 aliphatic heterocycles. The maximum Gasteiger partial charge on any atom is 0.129 e. The van der Waals surface area contributed by atoms with Crippen molar-refractivity contribution in [1.82, 2.24) is 0 Å². The summed E-state index contributed by atoms with van der Waals surface area (Å²) < 4.78 is 27.0. The normalized spacial score (nSPS) is 12.5. The van der Waals surface area contributed by atoms with Crippen molar-refractivity contribution >= 4 is 0 Å². The number of aliphatic hydroxyl groups is 1. The van der Waals surface area contributed by atoms with Gasteiger partial charge < -0.3 is 5.11 Å². The summed E-state index contributed by atoms with van der Waals surface area (Å²) in [7, 11) is 0. The number of aliphatic hydroxyl groups excluding tert-OH is 1. The van der Waals surface area contributed by atoms with Crippen LogP contribution in [0.5, 0.6) is 0 Å². The predicted octanol–water partition coefficient (Wildman–Crippen LogP) is 3.86. The average molecular weight is 262 g/mol. The van der Waals surface area contributed by atoms with Crippen molar-refractivity contribution in [3.8, 4) is 0 Å². The molecule has 19 heavy (non-hydrogen) atoms. The van der Waals surface area contributed by atoms with Gasteiger partial charge in [-0.3, -0.25) is 0 Å². The lowest BCUT2D eigenvalue weighted by Gasteiger charge is -2.14. The Morgan fingerprint density at radius 1 is 1.00 bits per heavy atom. The third kappa shape index (κ3) is 2.99. The SMILES string of the molecule is Cc1ccc(C(O)Cc2c(F)cccc2F)cc1C. The molecule has 1 nitrogen and oxygen atoms in total. The van der Waals surface area contributed by atoms with E-state index in [9.17, 15) is 13.9 Å². The van der Waals surface area contributed by atoms with Crippen molar-refractivity contribution in [3.05, 3.63) is 70.3 Å². The zero-order chi connectivity index (χ0) is 14.0. The molecular weight excluding hydrogens is 246 g/mol. The molecule has 0 fully saturated rings. The highest BCUT2D eigenvalue weighted by molar-refractivity contribution is 5.32. The van der Waals surface area contributed by atoms with Crippen molar-refractivity contribution in [2.24, 2.45) is 0 Å². The Labute approximate surface area is 111 Å². The van der Waals surface area contributed by atoms with Crippen molar-refractivity contribution in [2.75, 3.05) is 0 Å². The first-order valence-corrected chi connectivity index (χ1v) is 6.17. The maximum atomic E-state index is 13.5. The molecule has 1 atom stereocenters. The van der Waals surface area contributed by atoms with E-state index in [4.69, 9.17) is 0 Å². The van der Waals surface area contributed by atoms with Crippen molar-refractivity contribution in [2.45, 2.75) is 26.4 Å². The summed E-state index contributed by atoms with van der Waals surface area (Å²) in [4.78, 5) is 0. The first-order valence-electron chi connectivity index (χ1n) is 6.17. The molecule has 0 amide bonds. The number of hydrogen-bond donors (Lipinski definition) is 1. The lowest BCUT2D eigenvalue weighted by molar-refractivity contribution is 0.175. The molecule has 0 aliphatic rings. The quantitative estimate of drug-likeness (QED) is 0.890. The van der Waals surface area contributed by atoms with Crippen LogP contribution in [-0.2, 0) is 6.42 Å². The highest BCUT2D eigenvalue weighted by Gasteiger charge is 2.15. The van der Waals surface area contributed by atoms with Crippen LogP contribution in [0.15, 0.2) is 36.4 Å². The fraction of sp³-hybridized carbons (Fsp3) is 0.250. The van der Waals surface area contributed by atoms with E-state index in [0.29, 0.717) is 5.56 Å². The number of benzene rings is 2. The maximum absolute atomic E-state index is 13.5. The second kappa shape index (κ2) is 5.49. The fourth-order valence-electron chi connectivity index (χ4n) is 2.01. The van der Waals surface area contributed by atoms with E-state index in [0.717, 1.165) is 11.1 Å².